The molecule has 0 aliphatic carbocycles. The lowest BCUT2D eigenvalue weighted by molar-refractivity contribution is -0.138. The second kappa shape index (κ2) is 5.90. The smallest absolute Gasteiger partial charge is 0.416 e. The molecule has 0 aliphatic rings. The number of benzene rings is 1. The maximum absolute atomic E-state index is 12.6. The van der Waals surface area contributed by atoms with Crippen LogP contribution in [0, 0.1) is 0 Å². The van der Waals surface area contributed by atoms with Crippen molar-refractivity contribution in [1.29, 1.82) is 0 Å². The summed E-state index contributed by atoms with van der Waals surface area (Å²) in [5, 5.41) is 18.3. The minimum absolute atomic E-state index is 0. The molecule has 1 aromatic rings. The van der Waals surface area contributed by atoms with Crippen LogP contribution in [0.5, 0.6) is 5.75 Å². The number of hydrogen-bond acceptors (Lipinski definition) is 3. The predicted molar refractivity (Wildman–Crippen MR) is 62.1 cm³/mol. The fourth-order valence-electron chi connectivity index (χ4n) is 1.30. The Hall–Kier alpha value is -0.500. The molecule has 0 bridgehead atoms. The molecule has 1 atom stereocenters. The Morgan fingerprint density at radius 2 is 1.88 bits per heavy atom. The number of phenols is 1. The molecule has 0 fully saturated rings. The van der Waals surface area contributed by atoms with Gasteiger partial charge >= 0.3 is 6.18 Å². The van der Waals surface area contributed by atoms with Gasteiger partial charge in [0.25, 0.3) is 0 Å². The minimum Gasteiger partial charge on any atom is -0.506 e. The minimum atomic E-state index is -4.62. The van der Waals surface area contributed by atoms with E-state index in [2.05, 4.69) is 15.9 Å². The standard InChI is InChI=1S/C9H9BrF3NO2.ClH/c10-5-2-1-4(9(11,12)13)7(8(5)16)6(14)3-15;/h1-2,6,15-16H,3,14H2;1H/t6-;/m1./s1. The molecule has 0 saturated heterocycles. The number of aliphatic hydroxyl groups excluding tert-OH is 1. The summed E-state index contributed by atoms with van der Waals surface area (Å²) >= 11 is 2.89. The highest BCUT2D eigenvalue weighted by molar-refractivity contribution is 9.10. The van der Waals surface area contributed by atoms with Crippen molar-refractivity contribution >= 4 is 28.3 Å². The number of aliphatic hydroxyl groups is 1. The number of alkyl halides is 3. The molecule has 17 heavy (non-hydrogen) atoms. The van der Waals surface area contributed by atoms with Crippen LogP contribution in [0.1, 0.15) is 17.2 Å². The largest absolute Gasteiger partial charge is 0.506 e. The highest BCUT2D eigenvalue weighted by atomic mass is 79.9. The molecule has 0 amide bonds. The Bertz CT molecular complexity index is 401. The fraction of sp³-hybridized carbons (Fsp3) is 0.333. The number of rotatable bonds is 2. The molecule has 4 N–H and O–H groups in total. The van der Waals surface area contributed by atoms with Crippen molar-refractivity contribution in [2.45, 2.75) is 12.2 Å². The van der Waals surface area contributed by atoms with Crippen molar-refractivity contribution in [2.75, 3.05) is 6.61 Å². The average molecular weight is 337 g/mol. The van der Waals surface area contributed by atoms with Gasteiger partial charge in [-0.2, -0.15) is 13.2 Å². The highest BCUT2D eigenvalue weighted by Gasteiger charge is 2.36. The van der Waals surface area contributed by atoms with Crippen molar-refractivity contribution in [3.63, 3.8) is 0 Å². The van der Waals surface area contributed by atoms with E-state index in [4.69, 9.17) is 10.8 Å². The van der Waals surface area contributed by atoms with E-state index in [-0.39, 0.29) is 16.9 Å². The molecule has 0 saturated carbocycles. The molecule has 0 aliphatic heterocycles. The summed E-state index contributed by atoms with van der Waals surface area (Å²) in [6.45, 7) is -0.687. The number of nitrogens with two attached hydrogens (primary N) is 1. The summed E-state index contributed by atoms with van der Waals surface area (Å²) in [4.78, 5) is 0. The average Bonchev–Trinajstić information content (AvgIpc) is 2.19. The first-order chi connectivity index (χ1) is 7.29. The van der Waals surface area contributed by atoms with Gasteiger partial charge in [0.2, 0.25) is 0 Å². The topological polar surface area (TPSA) is 66.5 Å². The third-order valence-corrected chi connectivity index (χ3v) is 2.68. The summed E-state index contributed by atoms with van der Waals surface area (Å²) in [5.41, 5.74) is 3.77. The second-order valence-corrected chi connectivity index (χ2v) is 4.00. The van der Waals surface area contributed by atoms with Crippen LogP contribution >= 0.6 is 28.3 Å². The van der Waals surface area contributed by atoms with Gasteiger partial charge in [-0.1, -0.05) is 0 Å². The van der Waals surface area contributed by atoms with E-state index in [0.29, 0.717) is 0 Å². The van der Waals surface area contributed by atoms with E-state index in [1.807, 2.05) is 0 Å². The van der Waals surface area contributed by atoms with Crippen LogP contribution in [0.3, 0.4) is 0 Å². The van der Waals surface area contributed by atoms with Gasteiger partial charge in [-0.3, -0.25) is 0 Å². The first-order valence-corrected chi connectivity index (χ1v) is 5.03. The van der Waals surface area contributed by atoms with E-state index >= 15 is 0 Å². The lowest BCUT2D eigenvalue weighted by Gasteiger charge is -2.18. The van der Waals surface area contributed by atoms with E-state index < -0.39 is 35.7 Å². The molecule has 0 radical (unpaired) electrons. The molecule has 0 aromatic heterocycles. The van der Waals surface area contributed by atoms with Crippen molar-refractivity contribution in [3.8, 4) is 5.75 Å². The van der Waals surface area contributed by atoms with Crippen LogP contribution in [0.25, 0.3) is 0 Å². The van der Waals surface area contributed by atoms with Crippen LogP contribution in [-0.4, -0.2) is 16.8 Å². The van der Waals surface area contributed by atoms with Crippen molar-refractivity contribution in [3.05, 3.63) is 27.7 Å². The molecular formula is C9H10BrClF3NO2. The molecule has 0 spiro atoms. The van der Waals surface area contributed by atoms with Gasteiger partial charge < -0.3 is 15.9 Å². The van der Waals surface area contributed by atoms with Crippen molar-refractivity contribution in [2.24, 2.45) is 5.73 Å². The van der Waals surface area contributed by atoms with Crippen LogP contribution in [0.4, 0.5) is 13.2 Å². The molecule has 8 heteroatoms. The lowest BCUT2D eigenvalue weighted by atomic mass is 10.00. The lowest BCUT2D eigenvalue weighted by Crippen LogP contribution is -2.20. The molecule has 98 valence electrons. The van der Waals surface area contributed by atoms with E-state index in [9.17, 15) is 18.3 Å². The normalized spacial score (nSPS) is 13.1. The molecule has 0 heterocycles. The van der Waals surface area contributed by atoms with Crippen LogP contribution in [0.15, 0.2) is 16.6 Å². The second-order valence-electron chi connectivity index (χ2n) is 3.14. The van der Waals surface area contributed by atoms with Gasteiger partial charge in [0, 0.05) is 5.56 Å². The Morgan fingerprint density at radius 1 is 1.35 bits per heavy atom. The first-order valence-electron chi connectivity index (χ1n) is 4.24. The number of phenolic OH excluding ortho intramolecular Hbond substituents is 1. The van der Waals surface area contributed by atoms with Gasteiger partial charge in [0.05, 0.1) is 22.7 Å². The third-order valence-electron chi connectivity index (χ3n) is 2.04. The summed E-state index contributed by atoms with van der Waals surface area (Å²) in [7, 11) is 0. The molecule has 3 nitrogen and oxygen atoms in total. The Labute approximate surface area is 110 Å². The van der Waals surface area contributed by atoms with Gasteiger partial charge in [0.1, 0.15) is 5.75 Å². The number of halogens is 5. The molecule has 1 aromatic carbocycles. The van der Waals surface area contributed by atoms with Crippen molar-refractivity contribution < 1.29 is 23.4 Å². The highest BCUT2D eigenvalue weighted by Crippen LogP contribution is 2.41. The fourth-order valence-corrected chi connectivity index (χ4v) is 1.64. The van der Waals surface area contributed by atoms with E-state index in [1.165, 1.54) is 0 Å². The van der Waals surface area contributed by atoms with Gasteiger partial charge in [-0.05, 0) is 28.1 Å². The summed E-state index contributed by atoms with van der Waals surface area (Å²) < 4.78 is 37.9. The molecular weight excluding hydrogens is 326 g/mol. The summed E-state index contributed by atoms with van der Waals surface area (Å²) in [6, 6.07) is 0.592. The molecule has 1 rings (SSSR count). The van der Waals surface area contributed by atoms with Gasteiger partial charge in [-0.15, -0.1) is 12.4 Å². The zero-order chi connectivity index (χ0) is 12.5. The van der Waals surface area contributed by atoms with Gasteiger partial charge in [0.15, 0.2) is 0 Å². The van der Waals surface area contributed by atoms with Crippen LogP contribution in [-0.2, 0) is 6.18 Å². The predicted octanol–water partition coefficient (Wildman–Crippen LogP) is 2.59. The molecule has 0 unspecified atom stereocenters. The number of aromatic hydroxyl groups is 1. The zero-order valence-corrected chi connectivity index (χ0v) is 10.7. The quantitative estimate of drug-likeness (QED) is 0.778. The SMILES string of the molecule is Cl.N[C@H](CO)c1c(C(F)(F)F)ccc(Br)c1O. The van der Waals surface area contributed by atoms with Crippen LogP contribution < -0.4 is 5.73 Å². The number of hydrogen-bond donors (Lipinski definition) is 3. The van der Waals surface area contributed by atoms with Crippen molar-refractivity contribution in [1.82, 2.24) is 0 Å². The van der Waals surface area contributed by atoms with Crippen LogP contribution in [0.2, 0.25) is 0 Å². The Morgan fingerprint density at radius 3 is 2.29 bits per heavy atom. The summed E-state index contributed by atoms with van der Waals surface area (Å²) in [5.74, 6) is -0.601. The Balaban J connectivity index is 0.00000256. The Kier molecular flexibility index (Phi) is 5.73. The maximum Gasteiger partial charge on any atom is 0.416 e. The zero-order valence-electron chi connectivity index (χ0n) is 8.33. The third kappa shape index (κ3) is 3.48. The van der Waals surface area contributed by atoms with E-state index in [1.54, 1.807) is 0 Å². The monoisotopic (exact) mass is 335 g/mol. The van der Waals surface area contributed by atoms with E-state index in [0.717, 1.165) is 12.1 Å². The summed E-state index contributed by atoms with van der Waals surface area (Å²) in [6.07, 6.45) is -4.62. The maximum atomic E-state index is 12.6. The van der Waals surface area contributed by atoms with Gasteiger partial charge in [-0.25, -0.2) is 0 Å². The first kappa shape index (κ1) is 16.5.